The van der Waals surface area contributed by atoms with E-state index < -0.39 is 0 Å². The maximum atomic E-state index is 9.11. The van der Waals surface area contributed by atoms with Gasteiger partial charge in [-0.3, -0.25) is 4.68 Å². The first kappa shape index (κ1) is 19.8. The van der Waals surface area contributed by atoms with Gasteiger partial charge in [0.05, 0.1) is 22.8 Å². The second-order valence-electron chi connectivity index (χ2n) is 7.07. The fraction of sp³-hybridized carbons (Fsp3) is 0.120. The van der Waals surface area contributed by atoms with Gasteiger partial charge in [-0.15, -0.1) is 0 Å². The normalized spacial score (nSPS) is 10.6. The zero-order valence-electron chi connectivity index (χ0n) is 16.8. The van der Waals surface area contributed by atoms with Crippen molar-refractivity contribution in [2.45, 2.75) is 20.4 Å². The van der Waals surface area contributed by atoms with Gasteiger partial charge in [0.25, 0.3) is 0 Å². The van der Waals surface area contributed by atoms with Crippen LogP contribution in [0.25, 0.3) is 11.1 Å². The molecule has 0 aliphatic rings. The summed E-state index contributed by atoms with van der Waals surface area (Å²) in [5.74, 6) is 1.60. The molecule has 1 aromatic heterocycles. The molecular formula is C25H20ClN3O. The van der Waals surface area contributed by atoms with Gasteiger partial charge in [-0.05, 0) is 61.4 Å². The minimum atomic E-state index is 0.451. The van der Waals surface area contributed by atoms with Crippen molar-refractivity contribution in [1.29, 1.82) is 5.26 Å². The van der Waals surface area contributed by atoms with Crippen molar-refractivity contribution >= 4 is 11.6 Å². The second-order valence-corrected chi connectivity index (χ2v) is 7.48. The van der Waals surface area contributed by atoms with E-state index in [0.29, 0.717) is 17.1 Å². The lowest BCUT2D eigenvalue weighted by molar-refractivity contribution is 0.481. The van der Waals surface area contributed by atoms with Gasteiger partial charge in [0.1, 0.15) is 17.6 Å². The Morgan fingerprint density at radius 3 is 2.47 bits per heavy atom. The number of hydrogen-bond donors (Lipinski definition) is 0. The molecule has 4 rings (SSSR count). The van der Waals surface area contributed by atoms with Crippen molar-refractivity contribution in [3.05, 3.63) is 100 Å². The van der Waals surface area contributed by atoms with E-state index in [0.717, 1.165) is 39.6 Å². The third-order valence-corrected chi connectivity index (χ3v) is 5.28. The molecule has 0 N–H and O–H groups in total. The number of aromatic nitrogens is 2. The van der Waals surface area contributed by atoms with E-state index in [2.05, 4.69) is 12.1 Å². The predicted octanol–water partition coefficient (Wildman–Crippen LogP) is 6.53. The van der Waals surface area contributed by atoms with Gasteiger partial charge in [-0.2, -0.15) is 10.4 Å². The summed E-state index contributed by atoms with van der Waals surface area (Å²) in [6, 6.07) is 25.3. The maximum absolute atomic E-state index is 9.11. The molecule has 148 valence electrons. The first-order chi connectivity index (χ1) is 14.5. The molecule has 1 heterocycles. The summed E-state index contributed by atoms with van der Waals surface area (Å²) < 4.78 is 7.93. The van der Waals surface area contributed by atoms with Gasteiger partial charge in [0.2, 0.25) is 0 Å². The van der Waals surface area contributed by atoms with E-state index >= 15 is 0 Å². The number of hydrogen-bond acceptors (Lipinski definition) is 3. The average Bonchev–Trinajstić information content (AvgIpc) is 3.02. The third kappa shape index (κ3) is 4.07. The van der Waals surface area contributed by atoms with Crippen molar-refractivity contribution < 1.29 is 4.74 Å². The van der Waals surface area contributed by atoms with Crippen LogP contribution in [0.1, 0.15) is 22.5 Å². The first-order valence-electron chi connectivity index (χ1n) is 9.61. The van der Waals surface area contributed by atoms with Gasteiger partial charge in [0.15, 0.2) is 0 Å². The topological polar surface area (TPSA) is 50.8 Å². The van der Waals surface area contributed by atoms with Crippen molar-refractivity contribution in [3.63, 3.8) is 0 Å². The molecule has 0 aliphatic heterocycles. The largest absolute Gasteiger partial charge is 0.457 e. The van der Waals surface area contributed by atoms with Gasteiger partial charge in [-0.1, -0.05) is 48.0 Å². The zero-order valence-corrected chi connectivity index (χ0v) is 17.5. The Morgan fingerprint density at radius 2 is 1.73 bits per heavy atom. The molecule has 0 aliphatic carbocycles. The lowest BCUT2D eigenvalue weighted by Gasteiger charge is -2.09. The van der Waals surface area contributed by atoms with Crippen molar-refractivity contribution in [3.8, 4) is 28.7 Å². The molecule has 0 fully saturated rings. The van der Waals surface area contributed by atoms with Crippen LogP contribution < -0.4 is 4.74 Å². The minimum Gasteiger partial charge on any atom is -0.457 e. The van der Waals surface area contributed by atoms with Crippen LogP contribution in [0.4, 0.5) is 0 Å². The molecule has 0 unspecified atom stereocenters. The molecule has 3 aromatic carbocycles. The fourth-order valence-corrected chi connectivity index (χ4v) is 3.76. The summed E-state index contributed by atoms with van der Waals surface area (Å²) >= 11 is 6.24. The fourth-order valence-electron chi connectivity index (χ4n) is 3.53. The SMILES string of the molecule is Cc1nn(Cc2cccc(Oc3ccccc3)c2)c(C)c1-c1ccc(C#N)c(Cl)c1. The predicted molar refractivity (Wildman–Crippen MR) is 119 cm³/mol. The van der Waals surface area contributed by atoms with Gasteiger partial charge < -0.3 is 4.74 Å². The van der Waals surface area contributed by atoms with Gasteiger partial charge in [0, 0.05) is 11.3 Å². The number of benzene rings is 3. The van der Waals surface area contributed by atoms with Crippen LogP contribution in [0.2, 0.25) is 5.02 Å². The molecule has 4 aromatic rings. The summed E-state index contributed by atoms with van der Waals surface area (Å²) in [7, 11) is 0. The van der Waals surface area contributed by atoms with Crippen LogP contribution in [0.15, 0.2) is 72.8 Å². The molecule has 0 bridgehead atoms. The Kier molecular flexibility index (Phi) is 5.56. The standard InChI is InChI=1S/C25H20ClN3O/c1-17-25(20-11-12-21(15-27)24(26)14-20)18(2)29(28-17)16-19-7-6-10-23(13-19)30-22-8-4-3-5-9-22/h3-14H,16H2,1-2H3. The summed E-state index contributed by atoms with van der Waals surface area (Å²) in [5.41, 5.74) is 5.53. The van der Waals surface area contributed by atoms with E-state index in [1.807, 2.05) is 79.2 Å². The smallest absolute Gasteiger partial charge is 0.127 e. The van der Waals surface area contributed by atoms with Crippen LogP contribution >= 0.6 is 11.6 Å². The van der Waals surface area contributed by atoms with Crippen LogP contribution in [0.3, 0.4) is 0 Å². The molecule has 4 nitrogen and oxygen atoms in total. The van der Waals surface area contributed by atoms with Crippen LogP contribution in [-0.4, -0.2) is 9.78 Å². The number of aryl methyl sites for hydroxylation is 1. The van der Waals surface area contributed by atoms with E-state index in [4.69, 9.17) is 26.7 Å². The molecule has 0 saturated carbocycles. The first-order valence-corrected chi connectivity index (χ1v) is 9.99. The average molecular weight is 414 g/mol. The van der Waals surface area contributed by atoms with E-state index in [-0.39, 0.29) is 0 Å². The lowest BCUT2D eigenvalue weighted by atomic mass is 10.0. The Hall–Kier alpha value is -3.55. The highest BCUT2D eigenvalue weighted by Crippen LogP contribution is 2.31. The van der Waals surface area contributed by atoms with E-state index in [9.17, 15) is 0 Å². The number of ether oxygens (including phenoxy) is 1. The van der Waals surface area contributed by atoms with Crippen molar-refractivity contribution in [2.75, 3.05) is 0 Å². The minimum absolute atomic E-state index is 0.451. The zero-order chi connectivity index (χ0) is 21.1. The molecule has 0 saturated heterocycles. The number of nitrogens with zero attached hydrogens (tertiary/aromatic N) is 3. The quantitative estimate of drug-likeness (QED) is 0.373. The number of rotatable bonds is 5. The summed E-state index contributed by atoms with van der Waals surface area (Å²) in [4.78, 5) is 0. The van der Waals surface area contributed by atoms with E-state index in [1.54, 1.807) is 6.07 Å². The number of nitriles is 1. The molecular weight excluding hydrogens is 394 g/mol. The Labute approximate surface area is 180 Å². The molecule has 5 heteroatoms. The van der Waals surface area contributed by atoms with Crippen LogP contribution in [0, 0.1) is 25.2 Å². The van der Waals surface area contributed by atoms with Gasteiger partial charge >= 0.3 is 0 Å². The Bertz CT molecular complexity index is 1240. The van der Waals surface area contributed by atoms with E-state index in [1.165, 1.54) is 0 Å². The van der Waals surface area contributed by atoms with Crippen molar-refractivity contribution in [2.24, 2.45) is 0 Å². The summed E-state index contributed by atoms with van der Waals surface area (Å²) in [6.45, 7) is 4.66. The maximum Gasteiger partial charge on any atom is 0.127 e. The molecule has 0 radical (unpaired) electrons. The molecule has 0 amide bonds. The Morgan fingerprint density at radius 1 is 0.967 bits per heavy atom. The highest BCUT2D eigenvalue weighted by Gasteiger charge is 2.15. The molecule has 0 spiro atoms. The Balaban J connectivity index is 1.61. The summed E-state index contributed by atoms with van der Waals surface area (Å²) in [5, 5.41) is 14.3. The molecule has 30 heavy (non-hydrogen) atoms. The van der Waals surface area contributed by atoms with Gasteiger partial charge in [-0.25, -0.2) is 0 Å². The highest BCUT2D eigenvalue weighted by atomic mass is 35.5. The number of halogens is 1. The molecule has 0 atom stereocenters. The van der Waals surface area contributed by atoms with Crippen molar-refractivity contribution in [1.82, 2.24) is 9.78 Å². The lowest BCUT2D eigenvalue weighted by Crippen LogP contribution is -2.04. The number of para-hydroxylation sites is 1. The van der Waals surface area contributed by atoms with Crippen LogP contribution in [-0.2, 0) is 6.54 Å². The summed E-state index contributed by atoms with van der Waals surface area (Å²) in [6.07, 6.45) is 0. The van der Waals surface area contributed by atoms with Crippen LogP contribution in [0.5, 0.6) is 11.5 Å². The third-order valence-electron chi connectivity index (χ3n) is 4.97. The highest BCUT2D eigenvalue weighted by molar-refractivity contribution is 6.32. The second kappa shape index (κ2) is 8.44. The monoisotopic (exact) mass is 413 g/mol.